The lowest BCUT2D eigenvalue weighted by Crippen LogP contribution is -2.43. The molecule has 0 unspecified atom stereocenters. The highest BCUT2D eigenvalue weighted by atomic mass is 19.4. The van der Waals surface area contributed by atoms with Gasteiger partial charge in [-0.3, -0.25) is 14.5 Å². The number of ether oxygens (including phenoxy) is 1. The highest BCUT2D eigenvalue weighted by Crippen LogP contribution is 2.42. The SMILES string of the molecule is COc1ncc(-c2cc(CN3CCC(F)(F)CC3)c3c(N)ncnn23)cc1C(=O)N[C@@H]1CN(C(=O)CC(C(F)(F)F)C(F)(F)F)C[C@@H]1F. The molecule has 2 aliphatic heterocycles. The van der Waals surface area contributed by atoms with Crippen LogP contribution in [-0.2, 0) is 11.3 Å². The predicted octanol–water partition coefficient (Wildman–Crippen LogP) is 4.02. The molecule has 0 spiro atoms. The van der Waals surface area contributed by atoms with Crippen LogP contribution >= 0.6 is 0 Å². The van der Waals surface area contributed by atoms with Crippen molar-refractivity contribution in [3.05, 3.63) is 35.8 Å². The number of hydrogen-bond donors (Lipinski definition) is 2. The first kappa shape index (κ1) is 35.0. The molecule has 2 amide bonds. The van der Waals surface area contributed by atoms with Crippen molar-refractivity contribution in [3.8, 4) is 17.1 Å². The maximum absolute atomic E-state index is 14.9. The van der Waals surface area contributed by atoms with E-state index in [-0.39, 0.29) is 55.3 Å². The summed E-state index contributed by atoms with van der Waals surface area (Å²) in [5, 5.41) is 6.56. The number of anilines is 1. The van der Waals surface area contributed by atoms with Crippen LogP contribution in [0.4, 0.5) is 45.3 Å². The van der Waals surface area contributed by atoms with Gasteiger partial charge in [0, 0.05) is 57.2 Å². The fourth-order valence-electron chi connectivity index (χ4n) is 5.74. The number of halogens is 9. The normalized spacial score (nSPS) is 20.4. The van der Waals surface area contributed by atoms with Gasteiger partial charge in [0.1, 0.15) is 23.6 Å². The molecule has 0 bridgehead atoms. The summed E-state index contributed by atoms with van der Waals surface area (Å²) in [5.41, 5.74) is 7.56. The summed E-state index contributed by atoms with van der Waals surface area (Å²) in [5.74, 6) is -9.34. The Morgan fingerprint density at radius 3 is 2.38 bits per heavy atom. The molecule has 3 aromatic heterocycles. The number of amides is 2. The van der Waals surface area contributed by atoms with Gasteiger partial charge in [-0.05, 0) is 17.7 Å². The quantitative estimate of drug-likeness (QED) is 0.338. The number of nitrogens with zero attached hydrogens (tertiary/aromatic N) is 6. The van der Waals surface area contributed by atoms with E-state index in [9.17, 15) is 49.1 Å². The van der Waals surface area contributed by atoms with Gasteiger partial charge in [-0.15, -0.1) is 0 Å². The molecule has 5 rings (SSSR count). The highest BCUT2D eigenvalue weighted by Gasteiger charge is 2.57. The van der Waals surface area contributed by atoms with Crippen LogP contribution in [-0.4, -0.2) is 105 Å². The van der Waals surface area contributed by atoms with Crippen LogP contribution in [0.2, 0.25) is 0 Å². The van der Waals surface area contributed by atoms with Crippen molar-refractivity contribution in [2.75, 3.05) is 39.0 Å². The molecule has 0 aromatic carbocycles. The van der Waals surface area contributed by atoms with Crippen molar-refractivity contribution in [3.63, 3.8) is 0 Å². The van der Waals surface area contributed by atoms with Crippen LogP contribution in [0.5, 0.6) is 5.88 Å². The smallest absolute Gasteiger partial charge is 0.400 e. The van der Waals surface area contributed by atoms with Crippen molar-refractivity contribution in [1.82, 2.24) is 34.7 Å². The zero-order valence-electron chi connectivity index (χ0n) is 25.1. The lowest BCUT2D eigenvalue weighted by atomic mass is 10.0. The molecule has 0 saturated carbocycles. The number of hydrogen-bond acceptors (Lipinski definition) is 8. The number of nitrogens with two attached hydrogens (primary N) is 1. The van der Waals surface area contributed by atoms with E-state index < -0.39 is 67.7 Å². The first-order valence-corrected chi connectivity index (χ1v) is 14.5. The van der Waals surface area contributed by atoms with Crippen molar-refractivity contribution in [2.45, 2.75) is 56.3 Å². The maximum atomic E-state index is 14.9. The van der Waals surface area contributed by atoms with Crippen LogP contribution in [0.3, 0.4) is 0 Å². The lowest BCUT2D eigenvalue weighted by Gasteiger charge is -2.31. The van der Waals surface area contributed by atoms with Gasteiger partial charge in [-0.2, -0.15) is 31.4 Å². The molecule has 0 aliphatic carbocycles. The minimum absolute atomic E-state index is 0.0964. The summed E-state index contributed by atoms with van der Waals surface area (Å²) in [7, 11) is 1.20. The molecule has 3 aromatic rings. The fourth-order valence-corrected chi connectivity index (χ4v) is 5.74. The minimum atomic E-state index is -5.75. The van der Waals surface area contributed by atoms with E-state index >= 15 is 0 Å². The van der Waals surface area contributed by atoms with Gasteiger partial charge in [-0.25, -0.2) is 27.7 Å². The minimum Gasteiger partial charge on any atom is -0.480 e. The van der Waals surface area contributed by atoms with Crippen LogP contribution in [0.25, 0.3) is 16.8 Å². The van der Waals surface area contributed by atoms with Crippen LogP contribution < -0.4 is 15.8 Å². The van der Waals surface area contributed by atoms with E-state index in [1.165, 1.54) is 30.2 Å². The number of aromatic nitrogens is 4. The van der Waals surface area contributed by atoms with Crippen molar-refractivity contribution in [1.29, 1.82) is 0 Å². The predicted molar refractivity (Wildman–Crippen MR) is 150 cm³/mol. The number of fused-ring (bicyclic) bond motifs is 1. The van der Waals surface area contributed by atoms with E-state index in [2.05, 4.69) is 20.4 Å². The Morgan fingerprint density at radius 2 is 1.75 bits per heavy atom. The molecule has 2 aliphatic rings. The number of nitrogen functional groups attached to an aromatic ring is 1. The average molecular weight is 697 g/mol. The van der Waals surface area contributed by atoms with Crippen molar-refractivity contribution >= 4 is 23.1 Å². The summed E-state index contributed by atoms with van der Waals surface area (Å²) in [6.45, 7) is -1.03. The van der Waals surface area contributed by atoms with Crippen LogP contribution in [0.15, 0.2) is 24.7 Å². The van der Waals surface area contributed by atoms with E-state index in [1.54, 1.807) is 6.07 Å². The Hall–Kier alpha value is -4.36. The molecular weight excluding hydrogens is 667 g/mol. The van der Waals surface area contributed by atoms with Crippen LogP contribution in [0.1, 0.15) is 35.2 Å². The molecule has 262 valence electrons. The van der Waals surface area contributed by atoms with Gasteiger partial charge < -0.3 is 20.7 Å². The molecule has 2 fully saturated rings. The van der Waals surface area contributed by atoms with Gasteiger partial charge in [0.15, 0.2) is 11.7 Å². The summed E-state index contributed by atoms with van der Waals surface area (Å²) >= 11 is 0. The van der Waals surface area contributed by atoms with Gasteiger partial charge in [-0.1, -0.05) is 0 Å². The fraction of sp³-hybridized carbons (Fsp3) is 0.536. The Balaban J connectivity index is 1.36. The third-order valence-electron chi connectivity index (χ3n) is 8.31. The van der Waals surface area contributed by atoms with Gasteiger partial charge in [0.2, 0.25) is 11.8 Å². The topological polar surface area (TPSA) is 131 Å². The van der Waals surface area contributed by atoms with Gasteiger partial charge >= 0.3 is 12.4 Å². The molecule has 20 heteroatoms. The molecule has 2 saturated heterocycles. The van der Waals surface area contributed by atoms with Gasteiger partial charge in [0.25, 0.3) is 11.8 Å². The summed E-state index contributed by atoms with van der Waals surface area (Å²) in [6, 6.07) is 1.52. The zero-order chi connectivity index (χ0) is 35.2. The first-order chi connectivity index (χ1) is 22.4. The number of methoxy groups -OCH3 is 1. The molecular formula is C28H29F9N8O3. The lowest BCUT2D eigenvalue weighted by molar-refractivity contribution is -0.284. The highest BCUT2D eigenvalue weighted by molar-refractivity contribution is 5.98. The summed E-state index contributed by atoms with van der Waals surface area (Å²) in [6.07, 6.45) is -13.6. The second-order valence-corrected chi connectivity index (χ2v) is 11.6. The van der Waals surface area contributed by atoms with E-state index in [0.29, 0.717) is 21.7 Å². The maximum Gasteiger partial charge on any atom is 0.400 e. The Bertz CT molecular complexity index is 1660. The van der Waals surface area contributed by atoms with E-state index in [4.69, 9.17) is 10.5 Å². The molecule has 48 heavy (non-hydrogen) atoms. The number of carbonyl (C=O) groups excluding carboxylic acids is 2. The Labute approximate surface area is 266 Å². The summed E-state index contributed by atoms with van der Waals surface area (Å²) in [4.78, 5) is 36.2. The van der Waals surface area contributed by atoms with E-state index in [0.717, 1.165) is 0 Å². The number of piperidine rings is 1. The average Bonchev–Trinajstić information content (AvgIpc) is 3.56. The third-order valence-corrected chi connectivity index (χ3v) is 8.31. The second-order valence-electron chi connectivity index (χ2n) is 11.6. The number of nitrogens with one attached hydrogen (secondary N) is 1. The Morgan fingerprint density at radius 1 is 1.08 bits per heavy atom. The molecule has 3 N–H and O–H groups in total. The zero-order valence-corrected chi connectivity index (χ0v) is 25.1. The molecule has 0 radical (unpaired) electrons. The number of likely N-dealkylation sites (tertiary alicyclic amines) is 2. The van der Waals surface area contributed by atoms with E-state index in [1.807, 2.05) is 4.90 Å². The van der Waals surface area contributed by atoms with Gasteiger partial charge in [0.05, 0.1) is 25.4 Å². The van der Waals surface area contributed by atoms with Crippen LogP contribution in [0, 0.1) is 5.92 Å². The third kappa shape index (κ3) is 7.36. The number of rotatable bonds is 8. The number of alkyl halides is 9. The number of pyridine rings is 1. The largest absolute Gasteiger partial charge is 0.480 e. The second kappa shape index (κ2) is 12.9. The van der Waals surface area contributed by atoms with Crippen molar-refractivity contribution in [2.24, 2.45) is 5.92 Å². The molecule has 5 heterocycles. The van der Waals surface area contributed by atoms with Crippen molar-refractivity contribution < 1.29 is 53.8 Å². The standard InChI is InChI=1S/C28H29F9N8O3/c1-48-25-16(24(47)42-18-12-44(11-17(18)29)21(46)8-20(27(32,33)34)28(35,36)37)6-14(9-39-25)19-7-15(22-23(38)40-13-41-45(19)22)10-43-4-2-26(30,31)3-5-43/h6-7,9,13,17-18,20H,2-5,8,10-12H2,1H3,(H,42,47)(H2,38,40,41)/t17-,18+/m0/s1. The number of carbonyl (C=O) groups is 2. The molecule has 11 nitrogen and oxygen atoms in total. The monoisotopic (exact) mass is 696 g/mol. The Kier molecular flexibility index (Phi) is 9.41. The molecule has 2 atom stereocenters. The first-order valence-electron chi connectivity index (χ1n) is 14.5. The summed E-state index contributed by atoms with van der Waals surface area (Å²) < 4.78 is 127.